The van der Waals surface area contributed by atoms with E-state index in [1.807, 2.05) is 42.5 Å². The second kappa shape index (κ2) is 7.79. The molecule has 0 aliphatic carbocycles. The number of benzene rings is 1. The summed E-state index contributed by atoms with van der Waals surface area (Å²) >= 11 is 0. The lowest BCUT2D eigenvalue weighted by Gasteiger charge is -2.12. The number of hydrogen-bond donors (Lipinski definition) is 1. The van der Waals surface area contributed by atoms with Crippen LogP contribution in [0.3, 0.4) is 0 Å². The van der Waals surface area contributed by atoms with E-state index >= 15 is 0 Å². The average molecular weight is 339 g/mol. The van der Waals surface area contributed by atoms with Gasteiger partial charge in [-0.15, -0.1) is 0 Å². The maximum absolute atomic E-state index is 12.2. The molecule has 2 amide bonds. The Morgan fingerprint density at radius 3 is 2.92 bits per heavy atom. The van der Waals surface area contributed by atoms with Crippen molar-refractivity contribution in [1.29, 1.82) is 0 Å². The highest BCUT2D eigenvalue weighted by atomic mass is 16.5. The first kappa shape index (κ1) is 17.0. The number of carbonyl (C=O) groups is 2. The summed E-state index contributed by atoms with van der Waals surface area (Å²) in [5.74, 6) is 0.400. The number of ether oxygens (including phenoxy) is 1. The molecular formula is C19H21N3O3. The molecule has 130 valence electrons. The molecule has 1 fully saturated rings. The lowest BCUT2D eigenvalue weighted by atomic mass is 10.1. The lowest BCUT2D eigenvalue weighted by molar-refractivity contribution is -0.128. The number of carbonyl (C=O) groups excluding carboxylic acids is 2. The van der Waals surface area contributed by atoms with Crippen LogP contribution in [0.15, 0.2) is 48.7 Å². The SMILES string of the molecule is CN1C[C@H](C(=O)NCc2cccc(OCc3ccccn3)c2)CC1=O. The number of nitrogens with one attached hydrogen (secondary N) is 1. The highest BCUT2D eigenvalue weighted by Gasteiger charge is 2.31. The van der Waals surface area contributed by atoms with Gasteiger partial charge in [0.2, 0.25) is 11.8 Å². The van der Waals surface area contributed by atoms with Crippen molar-refractivity contribution in [1.82, 2.24) is 15.2 Å². The predicted octanol–water partition coefficient (Wildman–Crippen LogP) is 1.76. The van der Waals surface area contributed by atoms with Gasteiger partial charge in [0, 0.05) is 32.8 Å². The molecule has 3 rings (SSSR count). The van der Waals surface area contributed by atoms with Crippen molar-refractivity contribution >= 4 is 11.8 Å². The van der Waals surface area contributed by atoms with Gasteiger partial charge < -0.3 is 15.0 Å². The smallest absolute Gasteiger partial charge is 0.225 e. The minimum absolute atomic E-state index is 0.0186. The summed E-state index contributed by atoms with van der Waals surface area (Å²) in [6, 6.07) is 13.3. The second-order valence-electron chi connectivity index (χ2n) is 6.15. The number of rotatable bonds is 6. The predicted molar refractivity (Wildman–Crippen MR) is 92.6 cm³/mol. The molecule has 6 heteroatoms. The van der Waals surface area contributed by atoms with E-state index in [2.05, 4.69) is 10.3 Å². The van der Waals surface area contributed by atoms with E-state index in [0.29, 0.717) is 19.7 Å². The molecule has 25 heavy (non-hydrogen) atoms. The zero-order valence-corrected chi connectivity index (χ0v) is 14.1. The summed E-state index contributed by atoms with van der Waals surface area (Å²) < 4.78 is 5.74. The number of pyridine rings is 1. The van der Waals surface area contributed by atoms with Crippen molar-refractivity contribution in [2.75, 3.05) is 13.6 Å². The first-order valence-corrected chi connectivity index (χ1v) is 8.25. The summed E-state index contributed by atoms with van der Waals surface area (Å²) in [7, 11) is 1.72. The van der Waals surface area contributed by atoms with Crippen molar-refractivity contribution < 1.29 is 14.3 Å². The Bertz CT molecular complexity index is 749. The standard InChI is InChI=1S/C19H21N3O3/c1-22-12-15(10-18(22)23)19(24)21-11-14-5-4-7-17(9-14)25-13-16-6-2-3-8-20-16/h2-9,15H,10-13H2,1H3,(H,21,24)/t15-/m1/s1. The molecule has 0 radical (unpaired) electrons. The topological polar surface area (TPSA) is 71.5 Å². The number of nitrogens with zero attached hydrogens (tertiary/aromatic N) is 2. The van der Waals surface area contributed by atoms with Crippen LogP contribution in [0.5, 0.6) is 5.75 Å². The van der Waals surface area contributed by atoms with Crippen molar-refractivity contribution in [3.63, 3.8) is 0 Å². The van der Waals surface area contributed by atoms with Gasteiger partial charge in [-0.2, -0.15) is 0 Å². The third-order valence-electron chi connectivity index (χ3n) is 4.19. The van der Waals surface area contributed by atoms with Gasteiger partial charge >= 0.3 is 0 Å². The third kappa shape index (κ3) is 4.56. The van der Waals surface area contributed by atoms with E-state index in [1.54, 1.807) is 18.1 Å². The fourth-order valence-electron chi connectivity index (χ4n) is 2.76. The molecule has 0 unspecified atom stereocenters. The molecule has 1 atom stereocenters. The Kier molecular flexibility index (Phi) is 5.28. The maximum Gasteiger partial charge on any atom is 0.225 e. The Morgan fingerprint density at radius 2 is 2.20 bits per heavy atom. The van der Waals surface area contributed by atoms with Crippen LogP contribution in [0, 0.1) is 5.92 Å². The minimum Gasteiger partial charge on any atom is -0.487 e. The van der Waals surface area contributed by atoms with E-state index in [-0.39, 0.29) is 24.2 Å². The van der Waals surface area contributed by atoms with Crippen LogP contribution in [-0.4, -0.2) is 35.3 Å². The molecule has 6 nitrogen and oxygen atoms in total. The molecule has 1 aromatic carbocycles. The zero-order valence-electron chi connectivity index (χ0n) is 14.1. The summed E-state index contributed by atoms with van der Waals surface area (Å²) in [6.07, 6.45) is 2.02. The molecular weight excluding hydrogens is 318 g/mol. The quantitative estimate of drug-likeness (QED) is 0.870. The summed E-state index contributed by atoms with van der Waals surface area (Å²) in [6.45, 7) is 1.29. The first-order chi connectivity index (χ1) is 12.1. The van der Waals surface area contributed by atoms with Gasteiger partial charge in [0.15, 0.2) is 0 Å². The highest BCUT2D eigenvalue weighted by Crippen LogP contribution is 2.17. The van der Waals surface area contributed by atoms with E-state index in [0.717, 1.165) is 17.0 Å². The van der Waals surface area contributed by atoms with Gasteiger partial charge in [0.05, 0.1) is 11.6 Å². The Morgan fingerprint density at radius 1 is 1.32 bits per heavy atom. The average Bonchev–Trinajstić information content (AvgIpc) is 2.98. The minimum atomic E-state index is -0.263. The van der Waals surface area contributed by atoms with Crippen LogP contribution in [0.25, 0.3) is 0 Å². The van der Waals surface area contributed by atoms with Crippen LogP contribution in [0.2, 0.25) is 0 Å². The van der Waals surface area contributed by atoms with Gasteiger partial charge in [-0.3, -0.25) is 14.6 Å². The van der Waals surface area contributed by atoms with Gasteiger partial charge in [-0.25, -0.2) is 0 Å². The zero-order chi connectivity index (χ0) is 17.6. The normalized spacial score (nSPS) is 16.8. The fraction of sp³-hybridized carbons (Fsp3) is 0.316. The second-order valence-corrected chi connectivity index (χ2v) is 6.15. The first-order valence-electron chi connectivity index (χ1n) is 8.25. The van der Waals surface area contributed by atoms with Crippen molar-refractivity contribution in [3.05, 3.63) is 59.9 Å². The van der Waals surface area contributed by atoms with Crippen LogP contribution in [0.1, 0.15) is 17.7 Å². The monoisotopic (exact) mass is 339 g/mol. The largest absolute Gasteiger partial charge is 0.487 e. The van der Waals surface area contributed by atoms with Crippen LogP contribution >= 0.6 is 0 Å². The maximum atomic E-state index is 12.2. The molecule has 1 saturated heterocycles. The molecule has 2 heterocycles. The molecule has 1 N–H and O–H groups in total. The van der Waals surface area contributed by atoms with Gasteiger partial charge in [-0.1, -0.05) is 18.2 Å². The third-order valence-corrected chi connectivity index (χ3v) is 4.19. The molecule has 2 aromatic rings. The molecule has 1 aliphatic rings. The Hall–Kier alpha value is -2.89. The van der Waals surface area contributed by atoms with E-state index < -0.39 is 0 Å². The van der Waals surface area contributed by atoms with Gasteiger partial charge in [-0.05, 0) is 29.8 Å². The summed E-state index contributed by atoms with van der Waals surface area (Å²) in [5.41, 5.74) is 1.81. The lowest BCUT2D eigenvalue weighted by Crippen LogP contribution is -2.31. The molecule has 0 spiro atoms. The van der Waals surface area contributed by atoms with Gasteiger partial charge in [0.1, 0.15) is 12.4 Å². The van der Waals surface area contributed by atoms with Crippen LogP contribution in [0.4, 0.5) is 0 Å². The van der Waals surface area contributed by atoms with Crippen LogP contribution < -0.4 is 10.1 Å². The fourth-order valence-corrected chi connectivity index (χ4v) is 2.76. The molecule has 0 saturated carbocycles. The Balaban J connectivity index is 1.51. The molecule has 1 aromatic heterocycles. The number of amides is 2. The van der Waals surface area contributed by atoms with Crippen molar-refractivity contribution in [2.24, 2.45) is 5.92 Å². The Labute approximate surface area is 146 Å². The highest BCUT2D eigenvalue weighted by molar-refractivity contribution is 5.89. The van der Waals surface area contributed by atoms with Crippen molar-refractivity contribution in [3.8, 4) is 5.75 Å². The summed E-state index contributed by atoms with van der Waals surface area (Å²) in [4.78, 5) is 29.5. The van der Waals surface area contributed by atoms with Crippen LogP contribution in [-0.2, 0) is 22.7 Å². The van der Waals surface area contributed by atoms with Crippen molar-refractivity contribution in [2.45, 2.75) is 19.6 Å². The number of likely N-dealkylation sites (tertiary alicyclic amines) is 1. The molecule has 0 bridgehead atoms. The van der Waals surface area contributed by atoms with E-state index in [1.165, 1.54) is 0 Å². The number of hydrogen-bond acceptors (Lipinski definition) is 4. The summed E-state index contributed by atoms with van der Waals surface area (Å²) in [5, 5.41) is 2.90. The van der Waals surface area contributed by atoms with E-state index in [4.69, 9.17) is 4.74 Å². The number of aromatic nitrogens is 1. The molecule has 1 aliphatic heterocycles. The van der Waals surface area contributed by atoms with E-state index in [9.17, 15) is 9.59 Å². The van der Waals surface area contributed by atoms with Gasteiger partial charge in [0.25, 0.3) is 0 Å².